The SMILES string of the molecule is [2H]C([2H])([2H])c1cccc(F)c1C(=O)N1CCC(c2ccccc2NC2CCCC2)C(C(=O)Nc2ccc(CO)c(C(F)(F)F)c2)C1. The summed E-state index contributed by atoms with van der Waals surface area (Å²) in [7, 11) is 0. The molecule has 1 saturated heterocycles. The second-order valence-electron chi connectivity index (χ2n) is 11.1. The van der Waals surface area contributed by atoms with E-state index in [-0.39, 0.29) is 36.8 Å². The van der Waals surface area contributed by atoms with Crippen molar-refractivity contribution in [1.82, 2.24) is 4.90 Å². The van der Waals surface area contributed by atoms with Gasteiger partial charge in [-0.15, -0.1) is 0 Å². The molecule has 2 fully saturated rings. The fourth-order valence-corrected chi connectivity index (χ4v) is 6.21. The molecule has 2 unspecified atom stereocenters. The number of halogens is 4. The summed E-state index contributed by atoms with van der Waals surface area (Å²) in [5.74, 6) is -4.01. The fraction of sp³-hybridized carbons (Fsp3) is 0.394. The summed E-state index contributed by atoms with van der Waals surface area (Å²) < 4.78 is 79.6. The highest BCUT2D eigenvalue weighted by Crippen LogP contribution is 2.40. The molecule has 228 valence electrons. The van der Waals surface area contributed by atoms with Crippen molar-refractivity contribution in [2.75, 3.05) is 23.7 Å². The maximum atomic E-state index is 15.0. The molecule has 10 heteroatoms. The Morgan fingerprint density at radius 3 is 2.53 bits per heavy atom. The zero-order valence-electron chi connectivity index (χ0n) is 26.4. The third kappa shape index (κ3) is 6.69. The molecule has 2 amide bonds. The number of aliphatic hydroxyl groups excluding tert-OH is 1. The average molecular weight is 601 g/mol. The van der Waals surface area contributed by atoms with E-state index >= 15 is 4.39 Å². The normalized spacial score (nSPS) is 20.7. The Morgan fingerprint density at radius 2 is 1.81 bits per heavy atom. The van der Waals surface area contributed by atoms with Gasteiger partial charge in [0.15, 0.2) is 0 Å². The van der Waals surface area contributed by atoms with Crippen LogP contribution in [0.4, 0.5) is 28.9 Å². The predicted octanol–water partition coefficient (Wildman–Crippen LogP) is 6.88. The Morgan fingerprint density at radius 1 is 1.05 bits per heavy atom. The summed E-state index contributed by atoms with van der Waals surface area (Å²) >= 11 is 0. The van der Waals surface area contributed by atoms with Gasteiger partial charge in [-0.1, -0.05) is 49.2 Å². The van der Waals surface area contributed by atoms with Crippen LogP contribution in [0.3, 0.4) is 0 Å². The van der Waals surface area contributed by atoms with Crippen LogP contribution in [-0.2, 0) is 17.6 Å². The van der Waals surface area contributed by atoms with Gasteiger partial charge in [0.25, 0.3) is 5.91 Å². The number of aliphatic hydroxyl groups is 1. The fourth-order valence-electron chi connectivity index (χ4n) is 6.21. The molecule has 0 radical (unpaired) electrons. The molecule has 0 bridgehead atoms. The van der Waals surface area contributed by atoms with Gasteiger partial charge in [0.1, 0.15) is 5.82 Å². The lowest BCUT2D eigenvalue weighted by atomic mass is 9.78. The number of rotatable bonds is 7. The molecule has 2 aliphatic rings. The molecule has 6 nitrogen and oxygen atoms in total. The highest BCUT2D eigenvalue weighted by atomic mass is 19.4. The van der Waals surface area contributed by atoms with Crippen LogP contribution in [-0.4, -0.2) is 41.0 Å². The lowest BCUT2D eigenvalue weighted by Crippen LogP contribution is -2.47. The molecular formula is C33H35F4N3O3. The van der Waals surface area contributed by atoms with E-state index in [2.05, 4.69) is 10.6 Å². The first-order chi connectivity index (χ1) is 21.8. The van der Waals surface area contributed by atoms with E-state index in [9.17, 15) is 27.9 Å². The van der Waals surface area contributed by atoms with Gasteiger partial charge in [0, 0.05) is 40.5 Å². The van der Waals surface area contributed by atoms with Crippen molar-refractivity contribution in [3.63, 3.8) is 0 Å². The average Bonchev–Trinajstić information content (AvgIpc) is 3.53. The molecule has 3 N–H and O–H groups in total. The first kappa shape index (κ1) is 26.7. The molecule has 1 aliphatic carbocycles. The summed E-state index contributed by atoms with van der Waals surface area (Å²) in [6.07, 6.45) is -0.359. The van der Waals surface area contributed by atoms with Crippen molar-refractivity contribution in [2.24, 2.45) is 5.92 Å². The van der Waals surface area contributed by atoms with E-state index < -0.39 is 65.8 Å². The minimum Gasteiger partial charge on any atom is -0.392 e. The largest absolute Gasteiger partial charge is 0.416 e. The topological polar surface area (TPSA) is 81.7 Å². The molecule has 0 spiro atoms. The Kier molecular flexibility index (Phi) is 7.91. The molecule has 0 aromatic heterocycles. The zero-order valence-corrected chi connectivity index (χ0v) is 23.4. The van der Waals surface area contributed by atoms with Crippen LogP contribution in [0.2, 0.25) is 0 Å². The standard InChI is InChI=1S/C33H35F4N3O3/c1-20-7-6-11-28(34)30(20)32(43)40-16-15-24(25-10-4-5-12-29(25)38-22-8-2-3-9-22)26(18-40)31(42)39-23-14-13-21(19-41)27(17-23)33(35,36)37/h4-7,10-14,17,22,24,26,38,41H,2-3,8-9,15-16,18-19H2,1H3,(H,39,42)/i1D3. The van der Waals surface area contributed by atoms with Gasteiger partial charge in [-0.3, -0.25) is 9.59 Å². The minimum absolute atomic E-state index is 0.0865. The maximum Gasteiger partial charge on any atom is 0.416 e. The highest BCUT2D eigenvalue weighted by molar-refractivity contribution is 5.98. The number of benzene rings is 3. The van der Waals surface area contributed by atoms with Crippen LogP contribution in [0.1, 0.15) is 74.7 Å². The highest BCUT2D eigenvalue weighted by Gasteiger charge is 2.39. The number of carbonyl (C=O) groups is 2. The van der Waals surface area contributed by atoms with E-state index in [1.165, 1.54) is 23.1 Å². The number of nitrogens with one attached hydrogen (secondary N) is 2. The third-order valence-electron chi connectivity index (χ3n) is 8.39. The van der Waals surface area contributed by atoms with Crippen molar-refractivity contribution in [3.8, 4) is 0 Å². The Balaban J connectivity index is 1.50. The number of anilines is 2. The first-order valence-electron chi connectivity index (χ1n) is 15.8. The van der Waals surface area contributed by atoms with Gasteiger partial charge in [0.05, 0.1) is 23.7 Å². The predicted molar refractivity (Wildman–Crippen MR) is 156 cm³/mol. The number of nitrogens with zero attached hydrogens (tertiary/aromatic N) is 1. The van der Waals surface area contributed by atoms with Crippen LogP contribution >= 0.6 is 0 Å². The lowest BCUT2D eigenvalue weighted by molar-refractivity contribution is -0.138. The number of hydrogen-bond donors (Lipinski definition) is 3. The zero-order chi connectivity index (χ0) is 33.2. The number of carbonyl (C=O) groups excluding carboxylic acids is 2. The van der Waals surface area contributed by atoms with Crippen LogP contribution in [0.5, 0.6) is 0 Å². The first-order valence-corrected chi connectivity index (χ1v) is 14.3. The van der Waals surface area contributed by atoms with Crippen LogP contribution < -0.4 is 10.6 Å². The number of para-hydroxylation sites is 1. The number of aryl methyl sites for hydroxylation is 1. The van der Waals surface area contributed by atoms with Crippen LogP contribution in [0.15, 0.2) is 60.7 Å². The van der Waals surface area contributed by atoms with Crippen LogP contribution in [0, 0.1) is 18.6 Å². The van der Waals surface area contributed by atoms with Crippen molar-refractivity contribution >= 4 is 23.2 Å². The second-order valence-corrected chi connectivity index (χ2v) is 11.1. The van der Waals surface area contributed by atoms with Crippen LogP contribution in [0.25, 0.3) is 0 Å². The van der Waals surface area contributed by atoms with Gasteiger partial charge in [-0.05, 0) is 67.1 Å². The molecule has 2 atom stereocenters. The van der Waals surface area contributed by atoms with E-state index in [0.717, 1.165) is 55.1 Å². The van der Waals surface area contributed by atoms with Crippen molar-refractivity contribution in [3.05, 3.63) is 94.3 Å². The summed E-state index contributed by atoms with van der Waals surface area (Å²) in [4.78, 5) is 28.9. The van der Waals surface area contributed by atoms with Gasteiger partial charge in [-0.25, -0.2) is 4.39 Å². The molecule has 3 aromatic rings. The van der Waals surface area contributed by atoms with Gasteiger partial charge < -0.3 is 20.6 Å². The number of amides is 2. The minimum atomic E-state index is -4.78. The van der Waals surface area contributed by atoms with E-state index in [4.69, 9.17) is 4.11 Å². The molecule has 1 aliphatic heterocycles. The molecule has 3 aromatic carbocycles. The van der Waals surface area contributed by atoms with Gasteiger partial charge >= 0.3 is 6.18 Å². The lowest BCUT2D eigenvalue weighted by Gasteiger charge is -2.39. The van der Waals surface area contributed by atoms with E-state index in [0.29, 0.717) is 0 Å². The Hall–Kier alpha value is -3.92. The molecular weight excluding hydrogens is 562 g/mol. The number of piperidine rings is 1. The van der Waals surface area contributed by atoms with Crippen molar-refractivity contribution in [1.29, 1.82) is 0 Å². The van der Waals surface area contributed by atoms with Gasteiger partial charge in [-0.2, -0.15) is 13.2 Å². The number of hydrogen-bond acceptors (Lipinski definition) is 4. The number of likely N-dealkylation sites (tertiary alicyclic amines) is 1. The quantitative estimate of drug-likeness (QED) is 0.258. The van der Waals surface area contributed by atoms with Crippen molar-refractivity contribution in [2.45, 2.75) is 63.7 Å². The number of alkyl halides is 3. The molecule has 5 rings (SSSR count). The molecule has 43 heavy (non-hydrogen) atoms. The smallest absolute Gasteiger partial charge is 0.392 e. The Labute approximate surface area is 252 Å². The third-order valence-corrected chi connectivity index (χ3v) is 8.39. The Bertz CT molecular complexity index is 1590. The summed E-state index contributed by atoms with van der Waals surface area (Å²) in [5.41, 5.74) is -1.00. The summed E-state index contributed by atoms with van der Waals surface area (Å²) in [5, 5.41) is 15.6. The molecule has 1 heterocycles. The summed E-state index contributed by atoms with van der Waals surface area (Å²) in [6.45, 7) is -3.76. The van der Waals surface area contributed by atoms with E-state index in [1.54, 1.807) is 0 Å². The summed E-state index contributed by atoms with van der Waals surface area (Å²) in [6, 6.07) is 14.2. The maximum absolute atomic E-state index is 15.0. The van der Waals surface area contributed by atoms with Crippen molar-refractivity contribution < 1.29 is 36.4 Å². The van der Waals surface area contributed by atoms with Gasteiger partial charge in [0.2, 0.25) is 5.91 Å². The molecule has 1 saturated carbocycles. The van der Waals surface area contributed by atoms with E-state index in [1.807, 2.05) is 24.3 Å². The second kappa shape index (κ2) is 12.8. The monoisotopic (exact) mass is 600 g/mol.